The molecule has 150 valence electrons. The Morgan fingerprint density at radius 1 is 1.07 bits per heavy atom. The molecular weight excluding hydrogens is 465 g/mol. The summed E-state index contributed by atoms with van der Waals surface area (Å²) < 4.78 is 7.24. The predicted molar refractivity (Wildman–Crippen MR) is 125 cm³/mol. The standard InChI is InChI=1S/C21H27N5O.HI/c1-3-22-21(23-12-13-27-2)24-14-17-8-10-18(11-9-17)15-26-16-25-19-6-4-5-7-20(19)26;/h4-11,16H,3,12-15H2,1-2H3,(H2,22,23,24);1H. The van der Waals surface area contributed by atoms with Crippen molar-refractivity contribution in [1.29, 1.82) is 0 Å². The number of ether oxygens (including phenoxy) is 1. The zero-order chi connectivity index (χ0) is 18.9. The van der Waals surface area contributed by atoms with E-state index in [0.29, 0.717) is 13.2 Å². The van der Waals surface area contributed by atoms with Gasteiger partial charge < -0.3 is 19.9 Å². The minimum Gasteiger partial charge on any atom is -0.383 e. The Bertz CT molecular complexity index is 876. The summed E-state index contributed by atoms with van der Waals surface area (Å²) >= 11 is 0. The molecule has 0 spiro atoms. The molecule has 3 rings (SSSR count). The van der Waals surface area contributed by atoms with Crippen LogP contribution >= 0.6 is 24.0 Å². The first kappa shape index (κ1) is 22.2. The Morgan fingerprint density at radius 3 is 2.57 bits per heavy atom. The zero-order valence-electron chi connectivity index (χ0n) is 16.4. The highest BCUT2D eigenvalue weighted by Crippen LogP contribution is 2.14. The molecule has 0 aliphatic heterocycles. The first-order chi connectivity index (χ1) is 13.3. The highest BCUT2D eigenvalue weighted by molar-refractivity contribution is 14.0. The number of aromatic nitrogens is 2. The fourth-order valence-corrected chi connectivity index (χ4v) is 2.87. The fourth-order valence-electron chi connectivity index (χ4n) is 2.87. The van der Waals surface area contributed by atoms with Crippen molar-refractivity contribution < 1.29 is 4.74 Å². The van der Waals surface area contributed by atoms with Crippen molar-refractivity contribution in [3.63, 3.8) is 0 Å². The Labute approximate surface area is 183 Å². The van der Waals surface area contributed by atoms with Gasteiger partial charge in [0.2, 0.25) is 0 Å². The number of hydrogen-bond donors (Lipinski definition) is 2. The third kappa shape index (κ3) is 6.20. The van der Waals surface area contributed by atoms with Crippen LogP contribution in [0.1, 0.15) is 18.1 Å². The van der Waals surface area contributed by atoms with Crippen LogP contribution in [0.4, 0.5) is 0 Å². The minimum absolute atomic E-state index is 0. The Hall–Kier alpha value is -2.13. The monoisotopic (exact) mass is 493 g/mol. The second-order valence-corrected chi connectivity index (χ2v) is 6.29. The lowest BCUT2D eigenvalue weighted by Crippen LogP contribution is -2.38. The van der Waals surface area contributed by atoms with Crippen LogP contribution in [0.2, 0.25) is 0 Å². The number of para-hydroxylation sites is 2. The molecular formula is C21H28IN5O. The molecule has 28 heavy (non-hydrogen) atoms. The summed E-state index contributed by atoms with van der Waals surface area (Å²) in [4.78, 5) is 9.08. The van der Waals surface area contributed by atoms with E-state index in [0.717, 1.165) is 36.6 Å². The van der Waals surface area contributed by atoms with Crippen molar-refractivity contribution in [1.82, 2.24) is 20.2 Å². The van der Waals surface area contributed by atoms with Gasteiger partial charge in [0.1, 0.15) is 0 Å². The van der Waals surface area contributed by atoms with Gasteiger partial charge in [0.15, 0.2) is 5.96 Å². The normalized spacial score (nSPS) is 11.3. The molecule has 0 bridgehead atoms. The number of nitrogens with one attached hydrogen (secondary N) is 2. The van der Waals surface area contributed by atoms with E-state index in [9.17, 15) is 0 Å². The minimum atomic E-state index is 0. The molecule has 0 saturated carbocycles. The maximum atomic E-state index is 5.06. The average Bonchev–Trinajstić information content (AvgIpc) is 3.10. The lowest BCUT2D eigenvalue weighted by molar-refractivity contribution is 0.203. The number of imidazole rings is 1. The van der Waals surface area contributed by atoms with Crippen molar-refractivity contribution in [3.05, 3.63) is 66.0 Å². The maximum Gasteiger partial charge on any atom is 0.191 e. The second kappa shape index (κ2) is 11.7. The van der Waals surface area contributed by atoms with Gasteiger partial charge in [0, 0.05) is 26.7 Å². The van der Waals surface area contributed by atoms with Crippen LogP contribution in [-0.2, 0) is 17.8 Å². The molecule has 0 atom stereocenters. The molecule has 0 amide bonds. The van der Waals surface area contributed by atoms with Gasteiger partial charge in [-0.1, -0.05) is 36.4 Å². The first-order valence-electron chi connectivity index (χ1n) is 9.29. The Morgan fingerprint density at radius 2 is 1.82 bits per heavy atom. The number of guanidine groups is 1. The average molecular weight is 493 g/mol. The van der Waals surface area contributed by atoms with Crippen LogP contribution in [0.15, 0.2) is 59.9 Å². The van der Waals surface area contributed by atoms with Gasteiger partial charge in [0.05, 0.1) is 30.5 Å². The molecule has 7 heteroatoms. The number of fused-ring (bicyclic) bond motifs is 1. The van der Waals surface area contributed by atoms with Crippen molar-refractivity contribution in [3.8, 4) is 0 Å². The maximum absolute atomic E-state index is 5.06. The second-order valence-electron chi connectivity index (χ2n) is 6.29. The lowest BCUT2D eigenvalue weighted by Gasteiger charge is -2.11. The number of nitrogens with zero attached hydrogens (tertiary/aromatic N) is 3. The third-order valence-electron chi connectivity index (χ3n) is 4.27. The van der Waals surface area contributed by atoms with Crippen molar-refractivity contribution in [2.45, 2.75) is 20.0 Å². The van der Waals surface area contributed by atoms with Crippen LogP contribution in [0.25, 0.3) is 11.0 Å². The fraction of sp³-hybridized carbons (Fsp3) is 0.333. The van der Waals surface area contributed by atoms with Gasteiger partial charge in [-0.15, -0.1) is 24.0 Å². The van der Waals surface area contributed by atoms with E-state index in [4.69, 9.17) is 4.74 Å². The van der Waals surface area contributed by atoms with Crippen LogP contribution in [0.3, 0.4) is 0 Å². The molecule has 2 aromatic carbocycles. The molecule has 2 N–H and O–H groups in total. The molecule has 6 nitrogen and oxygen atoms in total. The number of halogens is 1. The number of benzene rings is 2. The van der Waals surface area contributed by atoms with E-state index in [2.05, 4.69) is 62.4 Å². The van der Waals surface area contributed by atoms with Crippen molar-refractivity contribution >= 4 is 41.0 Å². The summed E-state index contributed by atoms with van der Waals surface area (Å²) in [6, 6.07) is 16.8. The highest BCUT2D eigenvalue weighted by Gasteiger charge is 2.03. The van der Waals surface area contributed by atoms with Crippen LogP contribution in [0, 0.1) is 0 Å². The van der Waals surface area contributed by atoms with E-state index in [1.165, 1.54) is 11.1 Å². The molecule has 1 aromatic heterocycles. The lowest BCUT2D eigenvalue weighted by atomic mass is 10.1. The molecule has 0 saturated heterocycles. The van der Waals surface area contributed by atoms with Crippen molar-refractivity contribution in [2.24, 2.45) is 4.99 Å². The van der Waals surface area contributed by atoms with Gasteiger partial charge in [-0.2, -0.15) is 0 Å². The topological polar surface area (TPSA) is 63.5 Å². The van der Waals surface area contributed by atoms with Crippen LogP contribution in [-0.4, -0.2) is 42.3 Å². The van der Waals surface area contributed by atoms with Gasteiger partial charge >= 0.3 is 0 Å². The van der Waals surface area contributed by atoms with E-state index in [1.807, 2.05) is 24.5 Å². The predicted octanol–water partition coefficient (Wildman–Crippen LogP) is 3.40. The summed E-state index contributed by atoms with van der Waals surface area (Å²) in [6.07, 6.45) is 1.90. The van der Waals surface area contributed by atoms with Gasteiger partial charge in [-0.25, -0.2) is 9.98 Å². The molecule has 0 unspecified atom stereocenters. The molecule has 1 heterocycles. The van der Waals surface area contributed by atoms with Crippen molar-refractivity contribution in [2.75, 3.05) is 26.8 Å². The third-order valence-corrected chi connectivity index (χ3v) is 4.27. The smallest absolute Gasteiger partial charge is 0.191 e. The van der Waals surface area contributed by atoms with Gasteiger partial charge in [-0.3, -0.25) is 0 Å². The summed E-state index contributed by atoms with van der Waals surface area (Å²) in [5.74, 6) is 0.809. The Balaban J connectivity index is 0.00000280. The van der Waals surface area contributed by atoms with Gasteiger partial charge in [-0.05, 0) is 30.2 Å². The molecule has 3 aromatic rings. The Kier molecular flexibility index (Phi) is 9.22. The zero-order valence-corrected chi connectivity index (χ0v) is 18.7. The summed E-state index contributed by atoms with van der Waals surface area (Å²) in [6.45, 7) is 5.72. The van der Waals surface area contributed by atoms with E-state index >= 15 is 0 Å². The number of methoxy groups -OCH3 is 1. The molecule has 0 radical (unpaired) electrons. The first-order valence-corrected chi connectivity index (χ1v) is 9.29. The molecule has 0 aliphatic rings. The largest absolute Gasteiger partial charge is 0.383 e. The molecule has 0 aliphatic carbocycles. The summed E-state index contributed by atoms with van der Waals surface area (Å²) in [7, 11) is 1.69. The van der Waals surface area contributed by atoms with E-state index < -0.39 is 0 Å². The van der Waals surface area contributed by atoms with Gasteiger partial charge in [0.25, 0.3) is 0 Å². The molecule has 0 fully saturated rings. The quantitative estimate of drug-likeness (QED) is 0.219. The summed E-state index contributed by atoms with van der Waals surface area (Å²) in [5, 5.41) is 6.50. The number of aliphatic imine (C=N–C) groups is 1. The number of hydrogen-bond acceptors (Lipinski definition) is 3. The van der Waals surface area contributed by atoms with E-state index in [-0.39, 0.29) is 24.0 Å². The number of rotatable bonds is 8. The van der Waals surface area contributed by atoms with E-state index in [1.54, 1.807) is 7.11 Å². The summed E-state index contributed by atoms with van der Waals surface area (Å²) in [5.41, 5.74) is 4.61. The van der Waals surface area contributed by atoms with Crippen LogP contribution in [0.5, 0.6) is 0 Å². The SMILES string of the molecule is CCNC(=NCc1ccc(Cn2cnc3ccccc32)cc1)NCCOC.I. The van der Waals surface area contributed by atoms with Crippen LogP contribution < -0.4 is 10.6 Å². The highest BCUT2D eigenvalue weighted by atomic mass is 127.